The molecule has 0 spiro atoms. The number of nitrogens with zero attached hydrogens (tertiary/aromatic N) is 3. The summed E-state index contributed by atoms with van der Waals surface area (Å²) in [4.78, 5) is 12.8. The standard InChI is InChI=1S/C20H18N4OS/c1-4-12(11(2)22-3)15-8-24-20(21)19-14(15)7-17(25-19)16-10-26-18-9-23-6-5-13(16)18/h4-10H,1-3H3,(H2,21,24)/b12-4+,22-11?. The van der Waals surface area contributed by atoms with E-state index in [1.807, 2.05) is 38.3 Å². The van der Waals surface area contributed by atoms with Gasteiger partial charge in [0.05, 0.1) is 4.70 Å². The molecule has 0 unspecified atom stereocenters. The summed E-state index contributed by atoms with van der Waals surface area (Å²) in [7, 11) is 1.78. The van der Waals surface area contributed by atoms with Crippen LogP contribution in [0.1, 0.15) is 19.4 Å². The van der Waals surface area contributed by atoms with E-state index in [1.54, 1.807) is 30.8 Å². The number of rotatable bonds is 3. The molecule has 130 valence electrons. The molecule has 0 saturated heterocycles. The number of aromatic nitrogens is 2. The number of anilines is 1. The van der Waals surface area contributed by atoms with Crippen LogP contribution in [-0.2, 0) is 0 Å². The van der Waals surface area contributed by atoms with E-state index >= 15 is 0 Å². The summed E-state index contributed by atoms with van der Waals surface area (Å²) in [6.45, 7) is 3.98. The van der Waals surface area contributed by atoms with Crippen molar-refractivity contribution in [2.24, 2.45) is 4.99 Å². The van der Waals surface area contributed by atoms with Crippen LogP contribution in [-0.4, -0.2) is 22.7 Å². The Balaban J connectivity index is 1.98. The van der Waals surface area contributed by atoms with E-state index < -0.39 is 0 Å². The van der Waals surface area contributed by atoms with Crippen LogP contribution in [0.25, 0.3) is 38.0 Å². The van der Waals surface area contributed by atoms with Gasteiger partial charge in [-0.05, 0) is 26.0 Å². The zero-order valence-corrected chi connectivity index (χ0v) is 15.6. The lowest BCUT2D eigenvalue weighted by molar-refractivity contribution is 0.632. The molecule has 0 saturated carbocycles. The van der Waals surface area contributed by atoms with Crippen molar-refractivity contribution >= 4 is 49.5 Å². The highest BCUT2D eigenvalue weighted by Gasteiger charge is 2.18. The third-order valence-corrected chi connectivity index (χ3v) is 5.47. The van der Waals surface area contributed by atoms with E-state index in [-0.39, 0.29) is 0 Å². The molecule has 0 aliphatic heterocycles. The van der Waals surface area contributed by atoms with Gasteiger partial charge in [-0.3, -0.25) is 9.98 Å². The number of hydrogen-bond acceptors (Lipinski definition) is 6. The molecule has 26 heavy (non-hydrogen) atoms. The highest BCUT2D eigenvalue weighted by molar-refractivity contribution is 7.17. The predicted molar refractivity (Wildman–Crippen MR) is 110 cm³/mol. The van der Waals surface area contributed by atoms with Crippen LogP contribution in [0, 0.1) is 0 Å². The molecule has 0 fully saturated rings. The Morgan fingerprint density at radius 2 is 2.15 bits per heavy atom. The van der Waals surface area contributed by atoms with Gasteiger partial charge in [-0.2, -0.15) is 0 Å². The van der Waals surface area contributed by atoms with Gasteiger partial charge in [0.1, 0.15) is 5.76 Å². The lowest BCUT2D eigenvalue weighted by Gasteiger charge is -2.08. The maximum atomic E-state index is 6.13. The summed E-state index contributed by atoms with van der Waals surface area (Å²) in [6, 6.07) is 4.04. The number of thiophene rings is 1. The molecule has 0 atom stereocenters. The molecule has 0 bridgehead atoms. The van der Waals surface area contributed by atoms with Crippen molar-refractivity contribution < 1.29 is 4.42 Å². The van der Waals surface area contributed by atoms with Crippen molar-refractivity contribution in [3.63, 3.8) is 0 Å². The van der Waals surface area contributed by atoms with Crippen molar-refractivity contribution in [1.82, 2.24) is 9.97 Å². The SMILES string of the molecule is C/C=C(\C(C)=NC)c1cnc(N)c2oc(-c3csc4cnccc34)cc12. The van der Waals surface area contributed by atoms with Crippen molar-refractivity contribution in [3.8, 4) is 11.3 Å². The van der Waals surface area contributed by atoms with E-state index in [1.165, 1.54) is 0 Å². The molecule has 0 aliphatic rings. The highest BCUT2D eigenvalue weighted by Crippen LogP contribution is 2.39. The van der Waals surface area contributed by atoms with Gasteiger partial charge >= 0.3 is 0 Å². The molecule has 4 aromatic rings. The summed E-state index contributed by atoms with van der Waals surface area (Å²) < 4.78 is 7.25. The van der Waals surface area contributed by atoms with E-state index in [0.29, 0.717) is 11.4 Å². The van der Waals surface area contributed by atoms with Crippen LogP contribution in [0.15, 0.2) is 51.6 Å². The Hall–Kier alpha value is -2.99. The maximum absolute atomic E-state index is 6.13. The van der Waals surface area contributed by atoms with Gasteiger partial charge in [-0.25, -0.2) is 4.98 Å². The molecule has 0 aliphatic carbocycles. The molecule has 2 N–H and O–H groups in total. The largest absolute Gasteiger partial charge is 0.452 e. The Morgan fingerprint density at radius 3 is 2.92 bits per heavy atom. The monoisotopic (exact) mass is 362 g/mol. The van der Waals surface area contributed by atoms with E-state index in [9.17, 15) is 0 Å². The Bertz CT molecular complexity index is 1180. The number of hydrogen-bond donors (Lipinski definition) is 1. The highest BCUT2D eigenvalue weighted by atomic mass is 32.1. The van der Waals surface area contributed by atoms with Gasteiger partial charge in [0.15, 0.2) is 11.4 Å². The molecule has 4 aromatic heterocycles. The lowest BCUT2D eigenvalue weighted by Crippen LogP contribution is -1.99. The van der Waals surface area contributed by atoms with E-state index in [4.69, 9.17) is 10.2 Å². The molecule has 0 aromatic carbocycles. The fraction of sp³-hybridized carbons (Fsp3) is 0.150. The van der Waals surface area contributed by atoms with E-state index in [2.05, 4.69) is 20.3 Å². The predicted octanol–water partition coefficient (Wildman–Crippen LogP) is 5.18. The third-order valence-electron chi connectivity index (χ3n) is 4.54. The van der Waals surface area contributed by atoms with Crippen LogP contribution >= 0.6 is 11.3 Å². The summed E-state index contributed by atoms with van der Waals surface area (Å²) in [5.41, 5.74) is 10.7. The van der Waals surface area contributed by atoms with Gasteiger partial charge in [0, 0.05) is 64.2 Å². The smallest absolute Gasteiger partial charge is 0.177 e. The Morgan fingerprint density at radius 1 is 1.31 bits per heavy atom. The van der Waals surface area contributed by atoms with Gasteiger partial charge in [0.25, 0.3) is 0 Å². The van der Waals surface area contributed by atoms with Gasteiger partial charge < -0.3 is 10.2 Å². The minimum atomic E-state index is 0.387. The van der Waals surface area contributed by atoms with Crippen LogP contribution in [0.3, 0.4) is 0 Å². The lowest BCUT2D eigenvalue weighted by atomic mass is 9.99. The van der Waals surface area contributed by atoms with Crippen molar-refractivity contribution in [1.29, 1.82) is 0 Å². The molecular weight excluding hydrogens is 344 g/mol. The molecular formula is C20H18N4OS. The minimum absolute atomic E-state index is 0.387. The number of allylic oxidation sites excluding steroid dienone is 2. The number of aliphatic imine (C=N–C) groups is 1. The number of pyridine rings is 2. The number of furan rings is 1. The zero-order chi connectivity index (χ0) is 18.3. The van der Waals surface area contributed by atoms with Crippen LogP contribution in [0.4, 0.5) is 5.82 Å². The number of nitrogens with two attached hydrogens (primary N) is 1. The molecule has 4 rings (SSSR count). The molecule has 6 heteroatoms. The summed E-state index contributed by atoms with van der Waals surface area (Å²) >= 11 is 1.65. The quantitative estimate of drug-likeness (QED) is 0.509. The molecule has 5 nitrogen and oxygen atoms in total. The number of fused-ring (bicyclic) bond motifs is 2. The first kappa shape index (κ1) is 16.5. The van der Waals surface area contributed by atoms with Crippen molar-refractivity contribution in [2.75, 3.05) is 12.8 Å². The van der Waals surface area contributed by atoms with E-state index in [0.717, 1.165) is 43.6 Å². The third kappa shape index (κ3) is 2.50. The summed E-state index contributed by atoms with van der Waals surface area (Å²) in [5, 5.41) is 4.15. The second kappa shape index (κ2) is 6.38. The van der Waals surface area contributed by atoms with Crippen LogP contribution < -0.4 is 5.73 Å². The Kier molecular flexibility index (Phi) is 4.05. The normalized spacial score (nSPS) is 13.0. The first-order valence-corrected chi connectivity index (χ1v) is 9.12. The average molecular weight is 362 g/mol. The molecule has 0 radical (unpaired) electrons. The average Bonchev–Trinajstić information content (AvgIpc) is 3.28. The molecule has 4 heterocycles. The van der Waals surface area contributed by atoms with Gasteiger partial charge in [-0.15, -0.1) is 11.3 Å². The van der Waals surface area contributed by atoms with Crippen molar-refractivity contribution in [3.05, 3.63) is 47.7 Å². The number of nitrogen functional groups attached to an aromatic ring is 1. The first-order valence-electron chi connectivity index (χ1n) is 8.24. The second-order valence-electron chi connectivity index (χ2n) is 5.94. The van der Waals surface area contributed by atoms with Gasteiger partial charge in [0.2, 0.25) is 0 Å². The zero-order valence-electron chi connectivity index (χ0n) is 14.8. The minimum Gasteiger partial charge on any atom is -0.452 e. The molecule has 0 amide bonds. The summed E-state index contributed by atoms with van der Waals surface area (Å²) in [6.07, 6.45) is 7.48. The van der Waals surface area contributed by atoms with Crippen molar-refractivity contribution in [2.45, 2.75) is 13.8 Å². The fourth-order valence-corrected chi connectivity index (χ4v) is 4.06. The second-order valence-corrected chi connectivity index (χ2v) is 6.85. The fourth-order valence-electron chi connectivity index (χ4n) is 3.14. The summed E-state index contributed by atoms with van der Waals surface area (Å²) in [5.74, 6) is 1.16. The topological polar surface area (TPSA) is 77.3 Å². The Labute approximate surface area is 154 Å². The van der Waals surface area contributed by atoms with Crippen LogP contribution in [0.2, 0.25) is 0 Å². The first-order chi connectivity index (χ1) is 12.6. The van der Waals surface area contributed by atoms with Crippen LogP contribution in [0.5, 0.6) is 0 Å². The van der Waals surface area contributed by atoms with Gasteiger partial charge in [-0.1, -0.05) is 6.08 Å². The maximum Gasteiger partial charge on any atom is 0.177 e.